The number of carboxylic acid groups (broad SMARTS) is 1. The molecule has 1 saturated heterocycles. The van der Waals surface area contributed by atoms with Gasteiger partial charge in [-0.15, -0.1) is 0 Å². The van der Waals surface area contributed by atoms with E-state index >= 15 is 0 Å². The number of likely N-dealkylation sites (tertiary alicyclic amines) is 1. The fourth-order valence-corrected chi connectivity index (χ4v) is 6.11. The van der Waals surface area contributed by atoms with Crippen LogP contribution in [0.25, 0.3) is 0 Å². The van der Waals surface area contributed by atoms with Gasteiger partial charge in [0.25, 0.3) is 0 Å². The van der Waals surface area contributed by atoms with Crippen molar-refractivity contribution in [3.8, 4) is 11.5 Å². The largest absolute Gasteiger partial charge is 0.481 e. The molecule has 1 amide bonds. The summed E-state index contributed by atoms with van der Waals surface area (Å²) in [6, 6.07) is 8.03. The summed E-state index contributed by atoms with van der Waals surface area (Å²) in [7, 11) is 4.02. The molecular weight excluding hydrogens is 540 g/mol. The Kier molecular flexibility index (Phi) is 11.0. The number of carboxylic acids is 1. The van der Waals surface area contributed by atoms with Crippen LogP contribution in [0.3, 0.4) is 0 Å². The summed E-state index contributed by atoms with van der Waals surface area (Å²) in [6.45, 7) is 4.81. The van der Waals surface area contributed by atoms with E-state index in [0.717, 1.165) is 31.4 Å². The van der Waals surface area contributed by atoms with Gasteiger partial charge in [0.15, 0.2) is 11.5 Å². The third-order valence-corrected chi connectivity index (χ3v) is 8.27. The fourth-order valence-electron chi connectivity index (χ4n) is 6.11. The number of aliphatic hydroxyl groups is 1. The van der Waals surface area contributed by atoms with Crippen LogP contribution in [0.5, 0.6) is 11.5 Å². The molecule has 1 fully saturated rings. The number of aliphatic carboxylic acids is 1. The molecule has 2 aliphatic heterocycles. The quantitative estimate of drug-likeness (QED) is 0.324. The lowest BCUT2D eigenvalue weighted by atomic mass is 9.83. The second-order valence-electron chi connectivity index (χ2n) is 11.5. The van der Waals surface area contributed by atoms with E-state index < -0.39 is 23.8 Å². The van der Waals surface area contributed by atoms with E-state index in [1.807, 2.05) is 23.9 Å². The van der Waals surface area contributed by atoms with Crippen LogP contribution in [0.2, 0.25) is 0 Å². The van der Waals surface area contributed by atoms with E-state index in [4.69, 9.17) is 9.47 Å². The minimum Gasteiger partial charge on any atom is -0.481 e. The summed E-state index contributed by atoms with van der Waals surface area (Å²) in [5.74, 6) is -1.31. The number of carbonyl (C=O) groups excluding carboxylic acids is 1. The topological polar surface area (TPSA) is 125 Å². The van der Waals surface area contributed by atoms with Crippen LogP contribution in [0.15, 0.2) is 41.3 Å². The van der Waals surface area contributed by atoms with Crippen LogP contribution < -0.4 is 15.0 Å². The van der Waals surface area contributed by atoms with E-state index in [1.165, 1.54) is 6.07 Å². The zero-order chi connectivity index (χ0) is 30.2. The van der Waals surface area contributed by atoms with E-state index in [1.54, 1.807) is 35.0 Å². The van der Waals surface area contributed by atoms with Crippen molar-refractivity contribution in [3.05, 3.63) is 58.0 Å². The molecule has 3 heterocycles. The van der Waals surface area contributed by atoms with Crippen molar-refractivity contribution >= 4 is 11.9 Å². The summed E-state index contributed by atoms with van der Waals surface area (Å²) < 4.78 is 12.7. The standard InChI is InChI=1S/C31H44N4O7/c1-4-5-12-33(14-8-11-32(2)3)28(38)19-35-18-24(22-16-23(20-36)30-26(17-22)41-21-42-30)29(31(39)40)25(35)10-15-34-13-7-6-9-27(34)37/h6-7,9,13,16-17,24-25,29,36H,4-5,8,10-12,14-15,18-21H2,1-3H3,(H,39,40)/t24-,25+,29-/m1/s1. The summed E-state index contributed by atoms with van der Waals surface area (Å²) in [5, 5.41) is 20.5. The fraction of sp³-hybridized carbons (Fsp3) is 0.581. The van der Waals surface area contributed by atoms with E-state index in [0.29, 0.717) is 49.7 Å². The van der Waals surface area contributed by atoms with Crippen molar-refractivity contribution in [1.82, 2.24) is 19.3 Å². The van der Waals surface area contributed by atoms with Gasteiger partial charge in [0.2, 0.25) is 18.3 Å². The normalized spacial score (nSPS) is 19.9. The van der Waals surface area contributed by atoms with Gasteiger partial charge in [0.1, 0.15) is 0 Å². The predicted molar refractivity (Wildman–Crippen MR) is 158 cm³/mol. The Balaban J connectivity index is 1.63. The van der Waals surface area contributed by atoms with Gasteiger partial charge in [-0.1, -0.05) is 19.4 Å². The van der Waals surface area contributed by atoms with Crippen molar-refractivity contribution in [2.45, 2.75) is 57.7 Å². The lowest BCUT2D eigenvalue weighted by Gasteiger charge is -2.30. The summed E-state index contributed by atoms with van der Waals surface area (Å²) in [4.78, 5) is 45.0. The van der Waals surface area contributed by atoms with Crippen LogP contribution in [-0.2, 0) is 22.7 Å². The highest BCUT2D eigenvalue weighted by Gasteiger charge is 2.47. The first-order chi connectivity index (χ1) is 20.2. The Morgan fingerprint density at radius 1 is 1.10 bits per heavy atom. The molecule has 3 atom stereocenters. The van der Waals surface area contributed by atoms with Gasteiger partial charge < -0.3 is 34.1 Å². The summed E-state index contributed by atoms with van der Waals surface area (Å²) in [5.41, 5.74) is 1.11. The SMILES string of the molecule is CCCCN(CCCN(C)C)C(=O)CN1C[C@H](c2cc(CO)c3c(c2)OCO3)[C@@H](C(=O)O)[C@@H]1CCn1ccccc1=O. The number of fused-ring (bicyclic) bond motifs is 1. The van der Waals surface area contributed by atoms with E-state index in [2.05, 4.69) is 11.8 Å². The predicted octanol–water partition coefficient (Wildman–Crippen LogP) is 2.21. The van der Waals surface area contributed by atoms with Gasteiger partial charge in [-0.25, -0.2) is 0 Å². The lowest BCUT2D eigenvalue weighted by Crippen LogP contribution is -2.45. The van der Waals surface area contributed by atoms with Crippen LogP contribution in [0.1, 0.15) is 49.7 Å². The number of pyridine rings is 1. The Morgan fingerprint density at radius 2 is 1.88 bits per heavy atom. The van der Waals surface area contributed by atoms with Gasteiger partial charge in [-0.05, 0) is 63.7 Å². The molecule has 2 aromatic rings. The number of aromatic nitrogens is 1. The zero-order valence-electron chi connectivity index (χ0n) is 24.9. The highest BCUT2D eigenvalue weighted by Crippen LogP contribution is 2.44. The van der Waals surface area contributed by atoms with Crippen LogP contribution >= 0.6 is 0 Å². The molecule has 1 aromatic carbocycles. The van der Waals surface area contributed by atoms with Crippen molar-refractivity contribution < 1.29 is 29.3 Å². The smallest absolute Gasteiger partial charge is 0.308 e. The number of hydrogen-bond acceptors (Lipinski definition) is 8. The van der Waals surface area contributed by atoms with Gasteiger partial charge in [-0.2, -0.15) is 0 Å². The number of amides is 1. The highest BCUT2D eigenvalue weighted by atomic mass is 16.7. The number of aliphatic hydroxyl groups excluding tert-OH is 1. The van der Waals surface area contributed by atoms with Crippen LogP contribution in [0, 0.1) is 5.92 Å². The average Bonchev–Trinajstić information content (AvgIpc) is 3.58. The first-order valence-electron chi connectivity index (χ1n) is 14.8. The maximum absolute atomic E-state index is 13.7. The molecule has 0 saturated carbocycles. The van der Waals surface area contributed by atoms with Crippen molar-refractivity contribution in [2.24, 2.45) is 5.92 Å². The molecule has 1 aromatic heterocycles. The molecule has 4 rings (SSSR count). The molecule has 2 N–H and O–H groups in total. The van der Waals surface area contributed by atoms with Crippen LogP contribution in [0.4, 0.5) is 0 Å². The number of aryl methyl sites for hydroxylation is 1. The molecule has 0 bridgehead atoms. The molecule has 0 aliphatic carbocycles. The van der Waals surface area contributed by atoms with Gasteiger partial charge in [0, 0.05) is 56.0 Å². The van der Waals surface area contributed by atoms with Gasteiger partial charge >= 0.3 is 5.97 Å². The molecule has 11 nitrogen and oxygen atoms in total. The first-order valence-corrected chi connectivity index (χ1v) is 14.8. The van der Waals surface area contributed by atoms with Crippen molar-refractivity contribution in [2.75, 3.05) is 53.6 Å². The number of unbranched alkanes of at least 4 members (excludes halogenated alkanes) is 1. The second kappa shape index (κ2) is 14.7. The highest BCUT2D eigenvalue weighted by molar-refractivity contribution is 5.79. The second-order valence-corrected chi connectivity index (χ2v) is 11.5. The maximum Gasteiger partial charge on any atom is 0.308 e. The number of ether oxygens (including phenoxy) is 2. The Morgan fingerprint density at radius 3 is 2.57 bits per heavy atom. The zero-order valence-corrected chi connectivity index (χ0v) is 24.9. The molecule has 2 aliphatic rings. The number of rotatable bonds is 15. The molecule has 11 heteroatoms. The number of carbonyl (C=O) groups is 2. The van der Waals surface area contributed by atoms with Crippen molar-refractivity contribution in [3.63, 3.8) is 0 Å². The van der Waals surface area contributed by atoms with Gasteiger partial charge in [-0.3, -0.25) is 19.3 Å². The average molecular weight is 585 g/mol. The third-order valence-electron chi connectivity index (χ3n) is 8.27. The Labute approximate surface area is 247 Å². The lowest BCUT2D eigenvalue weighted by molar-refractivity contribution is -0.144. The van der Waals surface area contributed by atoms with E-state index in [-0.39, 0.29) is 31.4 Å². The molecule has 0 spiro atoms. The van der Waals surface area contributed by atoms with Gasteiger partial charge in [0.05, 0.1) is 19.1 Å². The maximum atomic E-state index is 13.7. The minimum absolute atomic E-state index is 0.0180. The molecule has 0 unspecified atom stereocenters. The number of benzene rings is 1. The Bertz CT molecular complexity index is 1280. The first kappa shape index (κ1) is 31.5. The molecule has 42 heavy (non-hydrogen) atoms. The van der Waals surface area contributed by atoms with E-state index in [9.17, 15) is 24.6 Å². The minimum atomic E-state index is -0.961. The summed E-state index contributed by atoms with van der Waals surface area (Å²) >= 11 is 0. The molecular formula is C31H44N4O7. The molecule has 0 radical (unpaired) electrons. The van der Waals surface area contributed by atoms with Crippen molar-refractivity contribution in [1.29, 1.82) is 0 Å². The number of nitrogens with zero attached hydrogens (tertiary/aromatic N) is 4. The summed E-state index contributed by atoms with van der Waals surface area (Å²) in [6.07, 6.45) is 4.80. The molecule has 230 valence electrons. The van der Waals surface area contributed by atoms with Crippen LogP contribution in [-0.4, -0.2) is 101 Å². The monoisotopic (exact) mass is 584 g/mol. The number of hydrogen-bond donors (Lipinski definition) is 2. The Hall–Kier alpha value is -3.41. The third kappa shape index (κ3) is 7.50.